The molecule has 2 aromatic carbocycles. The van der Waals surface area contributed by atoms with Crippen LogP contribution in [-0.2, 0) is 38.5 Å². The lowest BCUT2D eigenvalue weighted by Crippen LogP contribution is -2.45. The third-order valence-corrected chi connectivity index (χ3v) is 7.47. The Balaban J connectivity index is 1.25. The number of nitrogens with zero attached hydrogens (tertiary/aromatic N) is 1. The van der Waals surface area contributed by atoms with Crippen LogP contribution in [0.1, 0.15) is 41.8 Å². The molecule has 8 heteroatoms. The molecule has 2 heterocycles. The molecule has 0 radical (unpaired) electrons. The number of aromatic nitrogens is 1. The van der Waals surface area contributed by atoms with E-state index in [1.807, 2.05) is 60.0 Å². The predicted molar refractivity (Wildman–Crippen MR) is 133 cm³/mol. The van der Waals surface area contributed by atoms with Crippen molar-refractivity contribution in [2.45, 2.75) is 51.4 Å². The van der Waals surface area contributed by atoms with Crippen molar-refractivity contribution in [3.05, 3.63) is 76.1 Å². The molecule has 3 aromatic rings. The first-order chi connectivity index (χ1) is 17.1. The Morgan fingerprint density at radius 1 is 1.06 bits per heavy atom. The molecule has 182 valence electrons. The van der Waals surface area contributed by atoms with E-state index >= 15 is 0 Å². The number of thiazole rings is 1. The summed E-state index contributed by atoms with van der Waals surface area (Å²) in [5.74, 6) is -0.461. The van der Waals surface area contributed by atoms with Gasteiger partial charge in [0.2, 0.25) is 11.8 Å². The summed E-state index contributed by atoms with van der Waals surface area (Å²) in [7, 11) is 0. The van der Waals surface area contributed by atoms with Gasteiger partial charge in [-0.1, -0.05) is 54.6 Å². The highest BCUT2D eigenvalue weighted by Crippen LogP contribution is 2.40. The van der Waals surface area contributed by atoms with E-state index in [9.17, 15) is 9.59 Å². The first-order valence-electron chi connectivity index (χ1n) is 12.0. The number of fused-ring (bicyclic) bond motifs is 1. The van der Waals surface area contributed by atoms with Crippen molar-refractivity contribution < 1.29 is 19.2 Å². The van der Waals surface area contributed by atoms with Gasteiger partial charge in [-0.3, -0.25) is 9.59 Å². The largest absolute Gasteiger partial charge is 0.350 e. The van der Waals surface area contributed by atoms with Gasteiger partial charge in [0.15, 0.2) is 6.29 Å². The van der Waals surface area contributed by atoms with Crippen molar-refractivity contribution in [3.63, 3.8) is 0 Å². The Morgan fingerprint density at radius 3 is 2.51 bits per heavy atom. The maximum absolute atomic E-state index is 13.5. The Morgan fingerprint density at radius 2 is 1.80 bits per heavy atom. The van der Waals surface area contributed by atoms with E-state index < -0.39 is 11.7 Å². The summed E-state index contributed by atoms with van der Waals surface area (Å²) < 4.78 is 5.52. The Labute approximate surface area is 208 Å². The lowest BCUT2D eigenvalue weighted by molar-refractivity contribution is -0.201. The lowest BCUT2D eigenvalue weighted by atomic mass is 9.80. The number of hydrogen-bond acceptors (Lipinski definition) is 6. The molecule has 1 saturated heterocycles. The second-order valence-electron chi connectivity index (χ2n) is 9.19. The minimum Gasteiger partial charge on any atom is -0.350 e. The molecule has 2 N–H and O–H groups in total. The summed E-state index contributed by atoms with van der Waals surface area (Å²) in [6.07, 6.45) is 3.38. The number of benzene rings is 2. The van der Waals surface area contributed by atoms with Crippen molar-refractivity contribution in [2.24, 2.45) is 5.41 Å². The van der Waals surface area contributed by atoms with Crippen LogP contribution in [0.3, 0.4) is 0 Å². The van der Waals surface area contributed by atoms with E-state index in [0.29, 0.717) is 26.0 Å². The van der Waals surface area contributed by atoms with E-state index in [1.54, 1.807) is 0 Å². The van der Waals surface area contributed by atoms with Crippen LogP contribution in [0.15, 0.2) is 60.0 Å². The molecule has 1 atom stereocenters. The Kier molecular flexibility index (Phi) is 7.22. The van der Waals surface area contributed by atoms with Gasteiger partial charge in [-0.2, -0.15) is 0 Å². The zero-order chi connectivity index (χ0) is 24.1. The van der Waals surface area contributed by atoms with E-state index in [2.05, 4.69) is 15.8 Å². The van der Waals surface area contributed by atoms with Crippen molar-refractivity contribution in [3.8, 4) is 11.3 Å². The zero-order valence-corrected chi connectivity index (χ0v) is 20.3. The molecular weight excluding hydrogens is 462 g/mol. The maximum Gasteiger partial charge on any atom is 0.244 e. The predicted octanol–water partition coefficient (Wildman–Crippen LogP) is 4.18. The highest BCUT2D eigenvalue weighted by molar-refractivity contribution is 7.09. The molecule has 0 bridgehead atoms. The molecule has 7 nitrogen and oxygen atoms in total. The average Bonchev–Trinajstić information content (AvgIpc) is 3.52. The summed E-state index contributed by atoms with van der Waals surface area (Å²) in [6, 6.07) is 18.0. The van der Waals surface area contributed by atoms with Gasteiger partial charge in [0, 0.05) is 30.4 Å². The number of hydroxylamine groups is 1. The number of hydrogen-bond donors (Lipinski definition) is 2. The first-order valence-corrected chi connectivity index (χ1v) is 12.9. The number of rotatable bonds is 8. The molecule has 5 rings (SSSR count). The zero-order valence-electron chi connectivity index (χ0n) is 19.5. The monoisotopic (exact) mass is 491 g/mol. The molecule has 1 fully saturated rings. The number of ether oxygens (including phenoxy) is 1. The van der Waals surface area contributed by atoms with Gasteiger partial charge in [0.25, 0.3) is 0 Å². The van der Waals surface area contributed by atoms with Crippen LogP contribution >= 0.6 is 11.3 Å². The normalized spacial score (nSPS) is 18.6. The third kappa shape index (κ3) is 5.61. The number of nitrogens with one attached hydrogen (secondary N) is 2. The van der Waals surface area contributed by atoms with E-state index in [4.69, 9.17) is 9.57 Å². The van der Waals surface area contributed by atoms with Crippen LogP contribution in [0, 0.1) is 5.41 Å². The molecule has 35 heavy (non-hydrogen) atoms. The van der Waals surface area contributed by atoms with Gasteiger partial charge >= 0.3 is 0 Å². The average molecular weight is 492 g/mol. The van der Waals surface area contributed by atoms with Crippen LogP contribution < -0.4 is 10.8 Å². The third-order valence-electron chi connectivity index (χ3n) is 6.62. The Hall–Kier alpha value is -3.07. The standard InChI is InChI=1S/C27H29N3O4S/c31-23(30-34-25-12-6-7-13-33-25)16-27(14-20-10-4-5-11-21(20)15-27)26(32)28-17-24-29-22(18-35-24)19-8-2-1-3-9-19/h1-5,8-11,18,25H,6-7,12-17H2,(H,28,32)(H,30,31). The smallest absolute Gasteiger partial charge is 0.244 e. The summed E-state index contributed by atoms with van der Waals surface area (Å²) in [4.78, 5) is 36.5. The van der Waals surface area contributed by atoms with Crippen molar-refractivity contribution >= 4 is 23.2 Å². The highest BCUT2D eigenvalue weighted by atomic mass is 32.1. The second kappa shape index (κ2) is 10.7. The van der Waals surface area contributed by atoms with Gasteiger partial charge in [-0.05, 0) is 36.8 Å². The molecule has 1 aliphatic heterocycles. The van der Waals surface area contributed by atoms with Crippen LogP contribution in [-0.4, -0.2) is 29.7 Å². The molecule has 0 saturated carbocycles. The van der Waals surface area contributed by atoms with E-state index in [1.165, 1.54) is 11.3 Å². The van der Waals surface area contributed by atoms with E-state index in [0.717, 1.165) is 46.7 Å². The van der Waals surface area contributed by atoms with Gasteiger partial charge in [0.05, 0.1) is 17.7 Å². The van der Waals surface area contributed by atoms with Crippen LogP contribution in [0.2, 0.25) is 0 Å². The highest BCUT2D eigenvalue weighted by Gasteiger charge is 2.45. The fraction of sp³-hybridized carbons (Fsp3) is 0.370. The summed E-state index contributed by atoms with van der Waals surface area (Å²) in [6.45, 7) is 0.952. The van der Waals surface area contributed by atoms with Gasteiger partial charge in [-0.25, -0.2) is 15.3 Å². The summed E-state index contributed by atoms with van der Waals surface area (Å²) in [5.41, 5.74) is 5.80. The molecule has 1 aliphatic carbocycles. The lowest BCUT2D eigenvalue weighted by Gasteiger charge is -2.28. The van der Waals surface area contributed by atoms with E-state index in [-0.39, 0.29) is 18.2 Å². The molecule has 1 aromatic heterocycles. The molecule has 0 spiro atoms. The molecule has 2 amide bonds. The molecule has 1 unspecified atom stereocenters. The fourth-order valence-electron chi connectivity index (χ4n) is 4.82. The number of amides is 2. The maximum atomic E-state index is 13.5. The molecular formula is C27H29N3O4S. The second-order valence-corrected chi connectivity index (χ2v) is 10.1. The minimum absolute atomic E-state index is 0.0351. The number of carbonyl (C=O) groups is 2. The summed E-state index contributed by atoms with van der Waals surface area (Å²) >= 11 is 1.51. The Bertz CT molecular complexity index is 1150. The van der Waals surface area contributed by atoms with Gasteiger partial charge in [-0.15, -0.1) is 11.3 Å². The number of carbonyl (C=O) groups excluding carboxylic acids is 2. The van der Waals surface area contributed by atoms with Crippen molar-refractivity contribution in [1.29, 1.82) is 0 Å². The minimum atomic E-state index is -0.871. The van der Waals surface area contributed by atoms with Crippen LogP contribution in [0.5, 0.6) is 0 Å². The SMILES string of the molecule is O=C(CC1(C(=O)NCc2nc(-c3ccccc3)cs2)Cc2ccccc2C1)NOC1CCCCO1. The van der Waals surface area contributed by atoms with Gasteiger partial charge < -0.3 is 10.1 Å². The molecule has 2 aliphatic rings. The van der Waals surface area contributed by atoms with Crippen LogP contribution in [0.25, 0.3) is 11.3 Å². The fourth-order valence-corrected chi connectivity index (χ4v) is 5.56. The first kappa shape index (κ1) is 23.7. The van der Waals surface area contributed by atoms with Crippen molar-refractivity contribution in [2.75, 3.05) is 6.61 Å². The summed E-state index contributed by atoms with van der Waals surface area (Å²) in [5, 5.41) is 5.88. The van der Waals surface area contributed by atoms with Crippen LogP contribution in [0.4, 0.5) is 0 Å². The topological polar surface area (TPSA) is 89.6 Å². The van der Waals surface area contributed by atoms with Gasteiger partial charge in [0.1, 0.15) is 5.01 Å². The van der Waals surface area contributed by atoms with Crippen molar-refractivity contribution in [1.82, 2.24) is 15.8 Å². The quantitative estimate of drug-likeness (QED) is 0.462.